The fourth-order valence-electron chi connectivity index (χ4n) is 3.08. The Labute approximate surface area is 176 Å². The fraction of sp³-hybridized carbons (Fsp3) is 0.348. The summed E-state index contributed by atoms with van der Waals surface area (Å²) in [5.74, 6) is -1.96. The van der Waals surface area contributed by atoms with Crippen LogP contribution in [0.5, 0.6) is 0 Å². The van der Waals surface area contributed by atoms with Gasteiger partial charge in [0.05, 0.1) is 0 Å². The van der Waals surface area contributed by atoms with Crippen LogP contribution in [-0.4, -0.2) is 40.8 Å². The quantitative estimate of drug-likeness (QED) is 0.397. The van der Waals surface area contributed by atoms with E-state index in [0.717, 1.165) is 16.7 Å². The number of nitrogens with one attached hydrogen (secondary N) is 2. The van der Waals surface area contributed by atoms with Crippen LogP contribution in [0.4, 0.5) is 4.79 Å². The van der Waals surface area contributed by atoms with E-state index in [1.54, 1.807) is 0 Å². The van der Waals surface area contributed by atoms with Crippen LogP contribution in [0, 0.1) is 0 Å². The Morgan fingerprint density at radius 1 is 0.833 bits per heavy atom. The van der Waals surface area contributed by atoms with Crippen LogP contribution in [0.3, 0.4) is 0 Å². The topological polar surface area (TPSA) is 116 Å². The normalized spacial score (nSPS) is 11.5. The number of amides is 2. The Morgan fingerprint density at radius 2 is 1.50 bits per heavy atom. The molecule has 0 aromatic heterocycles. The number of carboxylic acid groups (broad SMARTS) is 2. The molecule has 0 aliphatic heterocycles. The molecule has 30 heavy (non-hydrogen) atoms. The highest BCUT2D eigenvalue weighted by atomic mass is 16.4. The minimum atomic E-state index is -1.10. The zero-order valence-corrected chi connectivity index (χ0v) is 16.8. The molecule has 1 atom stereocenters. The van der Waals surface area contributed by atoms with Gasteiger partial charge in [-0.05, 0) is 36.0 Å². The Balaban J connectivity index is 1.71. The molecule has 4 N–H and O–H groups in total. The monoisotopic (exact) mass is 412 g/mol. The molecule has 2 amide bonds. The third-order valence-corrected chi connectivity index (χ3v) is 4.75. The van der Waals surface area contributed by atoms with E-state index >= 15 is 0 Å². The molecule has 2 aromatic rings. The number of hydrogen-bond donors (Lipinski definition) is 4. The number of benzene rings is 2. The van der Waals surface area contributed by atoms with Gasteiger partial charge in [0.1, 0.15) is 6.04 Å². The van der Waals surface area contributed by atoms with E-state index in [9.17, 15) is 19.5 Å². The maximum atomic E-state index is 12.0. The molecule has 0 aliphatic rings. The number of carboxylic acids is 2. The minimum Gasteiger partial charge on any atom is -0.481 e. The Morgan fingerprint density at radius 3 is 2.13 bits per heavy atom. The molecule has 7 nitrogen and oxygen atoms in total. The predicted molar refractivity (Wildman–Crippen MR) is 114 cm³/mol. The van der Waals surface area contributed by atoms with E-state index in [2.05, 4.69) is 10.6 Å². The molecule has 2 aromatic carbocycles. The molecule has 7 heteroatoms. The first kappa shape index (κ1) is 22.9. The van der Waals surface area contributed by atoms with Gasteiger partial charge in [0.15, 0.2) is 0 Å². The minimum absolute atomic E-state index is 0.0674. The summed E-state index contributed by atoms with van der Waals surface area (Å²) in [5.41, 5.74) is 3.34. The molecule has 0 saturated heterocycles. The summed E-state index contributed by atoms with van der Waals surface area (Å²) >= 11 is 0. The van der Waals surface area contributed by atoms with Crippen molar-refractivity contribution in [3.8, 4) is 11.1 Å². The molecule has 0 unspecified atom stereocenters. The molecule has 0 fully saturated rings. The van der Waals surface area contributed by atoms with E-state index in [1.165, 1.54) is 0 Å². The number of urea groups is 1. The van der Waals surface area contributed by atoms with Gasteiger partial charge in [-0.25, -0.2) is 9.59 Å². The summed E-state index contributed by atoms with van der Waals surface area (Å²) in [6, 6.07) is 16.6. The van der Waals surface area contributed by atoms with Gasteiger partial charge in [-0.3, -0.25) is 4.79 Å². The highest BCUT2D eigenvalue weighted by molar-refractivity contribution is 5.82. The highest BCUT2D eigenvalue weighted by Gasteiger charge is 2.19. The van der Waals surface area contributed by atoms with Crippen molar-refractivity contribution in [3.63, 3.8) is 0 Å². The summed E-state index contributed by atoms with van der Waals surface area (Å²) in [4.78, 5) is 33.8. The van der Waals surface area contributed by atoms with Gasteiger partial charge < -0.3 is 20.8 Å². The standard InChI is InChI=1S/C23H28N2O5/c26-21(27)10-6-2-5-9-20(22(28)29)25-23(30)24-16-15-17-11-13-19(14-12-17)18-7-3-1-4-8-18/h1,3-4,7-8,11-14,20H,2,5-6,9-10,15-16H2,(H,26,27)(H,28,29)(H2,24,25,30)/t20-/m0/s1. The van der Waals surface area contributed by atoms with Crippen molar-refractivity contribution in [1.29, 1.82) is 0 Å². The van der Waals surface area contributed by atoms with E-state index in [1.807, 2.05) is 54.6 Å². The van der Waals surface area contributed by atoms with Crippen LogP contribution < -0.4 is 10.6 Å². The zero-order chi connectivity index (χ0) is 21.8. The molecule has 160 valence electrons. The molecule has 0 aliphatic carbocycles. The fourth-order valence-corrected chi connectivity index (χ4v) is 3.08. The first-order valence-electron chi connectivity index (χ1n) is 10.1. The summed E-state index contributed by atoms with van der Waals surface area (Å²) in [6.45, 7) is 0.390. The summed E-state index contributed by atoms with van der Waals surface area (Å²) in [5, 5.41) is 23.0. The molecule has 2 rings (SSSR count). The smallest absolute Gasteiger partial charge is 0.326 e. The van der Waals surface area contributed by atoms with Crippen LogP contribution in [-0.2, 0) is 16.0 Å². The van der Waals surface area contributed by atoms with Crippen LogP contribution in [0.2, 0.25) is 0 Å². The summed E-state index contributed by atoms with van der Waals surface area (Å²) in [7, 11) is 0. The van der Waals surface area contributed by atoms with Crippen molar-refractivity contribution in [3.05, 3.63) is 60.2 Å². The third-order valence-electron chi connectivity index (χ3n) is 4.75. The van der Waals surface area contributed by atoms with Gasteiger partial charge in [0.2, 0.25) is 0 Å². The number of unbranched alkanes of at least 4 members (excludes halogenated alkanes) is 2. The molecule has 0 spiro atoms. The summed E-state index contributed by atoms with van der Waals surface area (Å²) < 4.78 is 0. The van der Waals surface area contributed by atoms with Gasteiger partial charge >= 0.3 is 18.0 Å². The molecular weight excluding hydrogens is 384 g/mol. The molecular formula is C23H28N2O5. The number of carbonyl (C=O) groups excluding carboxylic acids is 1. The Hall–Kier alpha value is -3.35. The lowest BCUT2D eigenvalue weighted by atomic mass is 10.0. The maximum Gasteiger partial charge on any atom is 0.326 e. The lowest BCUT2D eigenvalue weighted by Gasteiger charge is -2.15. The highest BCUT2D eigenvalue weighted by Crippen LogP contribution is 2.19. The molecule has 0 heterocycles. The van der Waals surface area contributed by atoms with E-state index in [-0.39, 0.29) is 12.8 Å². The zero-order valence-electron chi connectivity index (χ0n) is 16.8. The summed E-state index contributed by atoms with van der Waals surface area (Å²) in [6.07, 6.45) is 2.62. The second kappa shape index (κ2) is 12.3. The lowest BCUT2D eigenvalue weighted by molar-refractivity contribution is -0.139. The number of aliphatic carboxylic acids is 2. The predicted octanol–water partition coefficient (Wildman–Crippen LogP) is 3.68. The average molecular weight is 412 g/mol. The van der Waals surface area contributed by atoms with Gasteiger partial charge in [-0.2, -0.15) is 0 Å². The van der Waals surface area contributed by atoms with Crippen molar-refractivity contribution in [1.82, 2.24) is 10.6 Å². The Kier molecular flexibility index (Phi) is 9.37. The number of carbonyl (C=O) groups is 3. The molecule has 0 bridgehead atoms. The number of hydrogen-bond acceptors (Lipinski definition) is 3. The second-order valence-corrected chi connectivity index (χ2v) is 7.10. The van der Waals surface area contributed by atoms with Gasteiger partial charge in [-0.15, -0.1) is 0 Å². The van der Waals surface area contributed by atoms with Crippen molar-refractivity contribution in [2.75, 3.05) is 6.54 Å². The van der Waals surface area contributed by atoms with Crippen molar-refractivity contribution >= 4 is 18.0 Å². The molecule has 0 saturated carbocycles. The van der Waals surface area contributed by atoms with E-state index in [0.29, 0.717) is 32.2 Å². The van der Waals surface area contributed by atoms with Crippen molar-refractivity contribution < 1.29 is 24.6 Å². The maximum absolute atomic E-state index is 12.0. The van der Waals surface area contributed by atoms with Crippen LogP contribution in [0.25, 0.3) is 11.1 Å². The van der Waals surface area contributed by atoms with Crippen molar-refractivity contribution in [2.24, 2.45) is 0 Å². The van der Waals surface area contributed by atoms with Gasteiger partial charge in [0.25, 0.3) is 0 Å². The van der Waals surface area contributed by atoms with E-state index < -0.39 is 24.0 Å². The number of rotatable bonds is 12. The SMILES string of the molecule is O=C(O)CCCCC[C@H](NC(=O)NCCc1ccc(-c2ccccc2)cc1)C(=O)O. The first-order chi connectivity index (χ1) is 14.5. The van der Waals surface area contributed by atoms with Gasteiger partial charge in [0, 0.05) is 13.0 Å². The first-order valence-corrected chi connectivity index (χ1v) is 10.1. The molecule has 0 radical (unpaired) electrons. The van der Waals surface area contributed by atoms with Crippen molar-refractivity contribution in [2.45, 2.75) is 44.6 Å². The van der Waals surface area contributed by atoms with Crippen LogP contribution >= 0.6 is 0 Å². The Bertz CT molecular complexity index is 821. The average Bonchev–Trinajstić information content (AvgIpc) is 2.73. The van der Waals surface area contributed by atoms with E-state index in [4.69, 9.17) is 5.11 Å². The third kappa shape index (κ3) is 8.34. The lowest BCUT2D eigenvalue weighted by Crippen LogP contribution is -2.46. The second-order valence-electron chi connectivity index (χ2n) is 7.10. The van der Waals surface area contributed by atoms with Crippen LogP contribution in [0.1, 0.15) is 37.7 Å². The largest absolute Gasteiger partial charge is 0.481 e. The van der Waals surface area contributed by atoms with Crippen LogP contribution in [0.15, 0.2) is 54.6 Å². The van der Waals surface area contributed by atoms with Gasteiger partial charge in [-0.1, -0.05) is 67.4 Å².